The summed E-state index contributed by atoms with van der Waals surface area (Å²) >= 11 is 1.90. The first-order chi connectivity index (χ1) is 8.25. The molecule has 0 spiro atoms. The third-order valence-electron chi connectivity index (χ3n) is 2.74. The van der Waals surface area contributed by atoms with Crippen molar-refractivity contribution in [2.75, 3.05) is 23.4 Å². The molecule has 2 rings (SSSR count). The van der Waals surface area contributed by atoms with Crippen molar-refractivity contribution in [3.63, 3.8) is 0 Å². The Kier molecular flexibility index (Phi) is 9.18. The average Bonchev–Trinajstić information content (AvgIpc) is 2.33. The van der Waals surface area contributed by atoms with Gasteiger partial charge in [0.1, 0.15) is 0 Å². The molecule has 1 aromatic rings. The summed E-state index contributed by atoms with van der Waals surface area (Å²) in [6.07, 6.45) is 3.95. The van der Waals surface area contributed by atoms with Gasteiger partial charge < -0.3 is 10.6 Å². The normalized spacial score (nSPS) is 17.8. The van der Waals surface area contributed by atoms with Gasteiger partial charge in [-0.3, -0.25) is 9.78 Å². The molecule has 2 N–H and O–H groups in total. The van der Waals surface area contributed by atoms with E-state index < -0.39 is 0 Å². The number of hydrogen-bond donors (Lipinski definition) is 2. The Bertz CT molecular complexity index is 400. The van der Waals surface area contributed by atoms with E-state index in [0.29, 0.717) is 12.5 Å². The van der Waals surface area contributed by atoms with Crippen LogP contribution in [-0.4, -0.2) is 35.0 Å². The predicted molar refractivity (Wildman–Crippen MR) is 85.8 cm³/mol. The number of carbonyl (C=O) groups is 1. The highest BCUT2D eigenvalue weighted by molar-refractivity contribution is 7.99. The summed E-state index contributed by atoms with van der Waals surface area (Å²) in [5.74, 6) is 2.21. The number of halogens is 2. The summed E-state index contributed by atoms with van der Waals surface area (Å²) in [5.41, 5.74) is 1.85. The number of pyridine rings is 1. The van der Waals surface area contributed by atoms with Crippen LogP contribution in [-0.2, 0) is 4.79 Å². The monoisotopic (exact) mass is 323 g/mol. The van der Waals surface area contributed by atoms with Crippen molar-refractivity contribution in [2.24, 2.45) is 0 Å². The highest BCUT2D eigenvalue weighted by atomic mass is 35.5. The van der Waals surface area contributed by atoms with Gasteiger partial charge in [0.25, 0.3) is 0 Å². The molecule has 1 aliphatic heterocycles. The second kappa shape index (κ2) is 9.42. The number of thioether (sulfide) groups is 1. The van der Waals surface area contributed by atoms with E-state index in [1.807, 2.05) is 24.8 Å². The molecule has 2 heterocycles. The molecule has 1 aliphatic rings. The summed E-state index contributed by atoms with van der Waals surface area (Å²) in [7, 11) is 0. The molecule has 0 aliphatic carbocycles. The minimum absolute atomic E-state index is 0. The minimum Gasteiger partial charge on any atom is -0.324 e. The van der Waals surface area contributed by atoms with Crippen LogP contribution in [0.4, 0.5) is 5.69 Å². The molecule has 1 amide bonds. The van der Waals surface area contributed by atoms with Gasteiger partial charge in [-0.2, -0.15) is 11.8 Å². The van der Waals surface area contributed by atoms with Crippen LogP contribution in [0.2, 0.25) is 0 Å². The van der Waals surface area contributed by atoms with E-state index in [2.05, 4.69) is 15.6 Å². The van der Waals surface area contributed by atoms with E-state index in [0.717, 1.165) is 29.3 Å². The van der Waals surface area contributed by atoms with Gasteiger partial charge in [0.05, 0.1) is 11.9 Å². The summed E-state index contributed by atoms with van der Waals surface area (Å²) in [6, 6.07) is 2.19. The van der Waals surface area contributed by atoms with Crippen molar-refractivity contribution in [2.45, 2.75) is 19.4 Å². The summed E-state index contributed by atoms with van der Waals surface area (Å²) in [4.78, 5) is 15.9. The van der Waals surface area contributed by atoms with E-state index in [4.69, 9.17) is 0 Å². The van der Waals surface area contributed by atoms with Gasteiger partial charge in [0, 0.05) is 36.7 Å². The quantitative estimate of drug-likeness (QED) is 0.896. The third kappa shape index (κ3) is 5.99. The number of aryl methyl sites for hydroxylation is 1. The molecule has 0 aromatic carbocycles. The van der Waals surface area contributed by atoms with Crippen LogP contribution in [0.25, 0.3) is 0 Å². The average molecular weight is 324 g/mol. The number of aromatic nitrogens is 1. The Morgan fingerprint density at radius 1 is 1.58 bits per heavy atom. The van der Waals surface area contributed by atoms with Crippen LogP contribution in [0.3, 0.4) is 0 Å². The molecule has 1 aromatic heterocycles. The second-order valence-electron chi connectivity index (χ2n) is 4.17. The van der Waals surface area contributed by atoms with E-state index >= 15 is 0 Å². The molecule has 0 radical (unpaired) electrons. The molecule has 1 fully saturated rings. The van der Waals surface area contributed by atoms with Gasteiger partial charge in [0.15, 0.2) is 0 Å². The number of nitrogens with one attached hydrogen (secondary N) is 2. The van der Waals surface area contributed by atoms with Crippen LogP contribution < -0.4 is 10.6 Å². The Labute approximate surface area is 130 Å². The lowest BCUT2D eigenvalue weighted by Crippen LogP contribution is -2.39. The fourth-order valence-corrected chi connectivity index (χ4v) is 2.72. The maximum absolute atomic E-state index is 11.8. The van der Waals surface area contributed by atoms with Gasteiger partial charge in [-0.1, -0.05) is 0 Å². The zero-order chi connectivity index (χ0) is 12.1. The summed E-state index contributed by atoms with van der Waals surface area (Å²) < 4.78 is 0. The Hall–Kier alpha value is -0.490. The summed E-state index contributed by atoms with van der Waals surface area (Å²) in [5, 5.41) is 6.26. The van der Waals surface area contributed by atoms with Gasteiger partial charge in [-0.15, -0.1) is 24.8 Å². The molecular weight excluding hydrogens is 305 g/mol. The largest absolute Gasteiger partial charge is 0.324 e. The summed E-state index contributed by atoms with van der Waals surface area (Å²) in [6.45, 7) is 2.96. The van der Waals surface area contributed by atoms with E-state index in [1.165, 1.54) is 0 Å². The molecule has 1 atom stereocenters. The number of nitrogens with zero attached hydrogens (tertiary/aromatic N) is 1. The van der Waals surface area contributed by atoms with Crippen LogP contribution in [0.5, 0.6) is 0 Å². The number of hydrogen-bond acceptors (Lipinski definition) is 4. The maximum Gasteiger partial charge on any atom is 0.226 e. The highest BCUT2D eigenvalue weighted by Crippen LogP contribution is 2.14. The highest BCUT2D eigenvalue weighted by Gasteiger charge is 2.16. The first-order valence-corrected chi connectivity index (χ1v) is 6.93. The molecule has 108 valence electrons. The SMILES string of the molecule is Cc1ccncc1NC(=O)CC1CSCCN1.Cl.Cl. The van der Waals surface area contributed by atoms with Gasteiger partial charge in [-0.05, 0) is 18.6 Å². The standard InChI is InChI=1S/C12H17N3OS.2ClH/c1-9-2-3-13-7-11(9)15-12(16)6-10-8-17-5-4-14-10;;/h2-3,7,10,14H,4-6,8H2,1H3,(H,15,16);2*1H. The van der Waals surface area contributed by atoms with E-state index in [-0.39, 0.29) is 30.7 Å². The minimum atomic E-state index is 0. The molecule has 0 bridgehead atoms. The van der Waals surface area contributed by atoms with Crippen molar-refractivity contribution in [1.82, 2.24) is 10.3 Å². The lowest BCUT2D eigenvalue weighted by molar-refractivity contribution is -0.116. The number of carbonyl (C=O) groups excluding carboxylic acids is 1. The van der Waals surface area contributed by atoms with Crippen LogP contribution in [0.15, 0.2) is 18.5 Å². The molecule has 1 saturated heterocycles. The van der Waals surface area contributed by atoms with Crippen molar-refractivity contribution in [1.29, 1.82) is 0 Å². The third-order valence-corrected chi connectivity index (χ3v) is 3.87. The lowest BCUT2D eigenvalue weighted by Gasteiger charge is -2.22. The maximum atomic E-state index is 11.8. The first kappa shape index (κ1) is 18.5. The zero-order valence-corrected chi connectivity index (χ0v) is 13.2. The number of anilines is 1. The van der Waals surface area contributed by atoms with Crippen molar-refractivity contribution < 1.29 is 4.79 Å². The van der Waals surface area contributed by atoms with Gasteiger partial charge in [0.2, 0.25) is 5.91 Å². The smallest absolute Gasteiger partial charge is 0.226 e. The predicted octanol–water partition coefficient (Wildman–Crippen LogP) is 2.27. The fraction of sp³-hybridized carbons (Fsp3) is 0.500. The molecule has 7 heteroatoms. The second-order valence-corrected chi connectivity index (χ2v) is 5.32. The zero-order valence-electron chi connectivity index (χ0n) is 10.7. The van der Waals surface area contributed by atoms with E-state index in [1.54, 1.807) is 12.4 Å². The Morgan fingerprint density at radius 3 is 3.00 bits per heavy atom. The molecule has 0 saturated carbocycles. The lowest BCUT2D eigenvalue weighted by atomic mass is 10.2. The Balaban J connectivity index is 0.00000162. The molecular formula is C12H19Cl2N3OS. The van der Waals surface area contributed by atoms with Gasteiger partial charge in [-0.25, -0.2) is 0 Å². The van der Waals surface area contributed by atoms with Crippen LogP contribution in [0, 0.1) is 6.92 Å². The molecule has 19 heavy (non-hydrogen) atoms. The molecule has 1 unspecified atom stereocenters. The fourth-order valence-electron chi connectivity index (χ4n) is 1.77. The number of rotatable bonds is 3. The topological polar surface area (TPSA) is 54.0 Å². The van der Waals surface area contributed by atoms with Crippen molar-refractivity contribution >= 4 is 48.2 Å². The van der Waals surface area contributed by atoms with Crippen molar-refractivity contribution in [3.8, 4) is 0 Å². The van der Waals surface area contributed by atoms with Crippen molar-refractivity contribution in [3.05, 3.63) is 24.0 Å². The molecule has 4 nitrogen and oxygen atoms in total. The Morgan fingerprint density at radius 2 is 2.37 bits per heavy atom. The first-order valence-electron chi connectivity index (χ1n) is 5.77. The van der Waals surface area contributed by atoms with E-state index in [9.17, 15) is 4.79 Å². The number of amides is 1. The van der Waals surface area contributed by atoms with Crippen LogP contribution in [0.1, 0.15) is 12.0 Å². The van der Waals surface area contributed by atoms with Crippen LogP contribution >= 0.6 is 36.6 Å². The van der Waals surface area contributed by atoms with Gasteiger partial charge >= 0.3 is 0 Å².